The van der Waals surface area contributed by atoms with E-state index in [0.717, 1.165) is 0 Å². The van der Waals surface area contributed by atoms with E-state index >= 15 is 0 Å². The van der Waals surface area contributed by atoms with E-state index in [0.29, 0.717) is 42.0 Å². The van der Waals surface area contributed by atoms with E-state index in [2.05, 4.69) is 41.9 Å². The molecule has 2 N–H and O–H groups in total. The number of nitrogens with zero attached hydrogens (tertiary/aromatic N) is 6. The second-order valence-electron chi connectivity index (χ2n) is 5.83. The monoisotopic (exact) mass is 434 g/mol. The molecule has 1 amide bonds. The summed E-state index contributed by atoms with van der Waals surface area (Å²) >= 11 is 3.42. The molecule has 0 unspecified atom stereocenters. The zero-order valence-corrected chi connectivity index (χ0v) is 16.0. The van der Waals surface area contributed by atoms with Gasteiger partial charge in [-0.15, -0.1) is 10.2 Å². The number of anilines is 2. The number of tetrazole rings is 1. The number of carbonyl (C=O) groups is 1. The van der Waals surface area contributed by atoms with Crippen LogP contribution in [0.2, 0.25) is 0 Å². The Hall–Kier alpha value is -3.00. The molecule has 0 atom stereocenters. The fourth-order valence-corrected chi connectivity index (χ4v) is 3.17. The van der Waals surface area contributed by atoms with Gasteiger partial charge in [0.1, 0.15) is 17.5 Å². The smallest absolute Gasteiger partial charge is 0.219 e. The lowest BCUT2D eigenvalue weighted by Crippen LogP contribution is -2.48. The third kappa shape index (κ3) is 4.22. The maximum Gasteiger partial charge on any atom is 0.219 e. The van der Waals surface area contributed by atoms with Gasteiger partial charge in [0.05, 0.1) is 11.4 Å². The van der Waals surface area contributed by atoms with E-state index in [4.69, 9.17) is 0 Å². The van der Waals surface area contributed by atoms with Crippen LogP contribution in [0.15, 0.2) is 22.8 Å². The van der Waals surface area contributed by atoms with E-state index in [1.54, 1.807) is 11.0 Å². The number of rotatable bonds is 4. The maximum absolute atomic E-state index is 14.6. The van der Waals surface area contributed by atoms with Gasteiger partial charge in [0.25, 0.3) is 0 Å². The topological polar surface area (TPSA) is 114 Å². The summed E-state index contributed by atoms with van der Waals surface area (Å²) in [4.78, 5) is 15.1. The number of hydrogen-bond donors (Lipinski definition) is 2. The number of carbonyl (C=O) groups excluding carboxylic acids is 1. The zero-order valence-electron chi connectivity index (χ0n) is 14.4. The number of H-pyrrole nitrogens is 1. The highest BCUT2D eigenvalue weighted by molar-refractivity contribution is 9.10. The van der Waals surface area contributed by atoms with E-state index < -0.39 is 5.82 Å². The molecule has 27 heavy (non-hydrogen) atoms. The second kappa shape index (κ2) is 8.13. The van der Waals surface area contributed by atoms with Crippen LogP contribution in [0.25, 0.3) is 5.57 Å². The highest BCUT2D eigenvalue weighted by Gasteiger charge is 2.22. The van der Waals surface area contributed by atoms with E-state index in [9.17, 15) is 14.4 Å². The Labute approximate surface area is 163 Å². The molecule has 3 rings (SSSR count). The number of aromatic amines is 1. The molecule has 2 heterocycles. The standard InChI is InChI=1S/C16H16BrFN8O/c1-10(27)25-2-4-26(5-3-25)15-6-12(17)14(7-13(15)18)20-9-11(8-19)16-21-23-24-22-16/h6-7,9,20H,2-5H2,1H3,(H,21,22,23,24). The minimum absolute atomic E-state index is 0.0255. The van der Waals surface area contributed by atoms with Gasteiger partial charge in [-0.2, -0.15) is 10.5 Å². The number of amides is 1. The first kappa shape index (κ1) is 18.8. The SMILES string of the molecule is CC(=O)N1CCN(c2cc(Br)c(NC=C(C#N)c3nn[nH]n3)cc2F)CC1. The van der Waals surface area contributed by atoms with Gasteiger partial charge in [-0.05, 0) is 27.2 Å². The third-order valence-corrected chi connectivity index (χ3v) is 4.84. The Morgan fingerprint density at radius 2 is 2.15 bits per heavy atom. The molecule has 1 aromatic heterocycles. The first-order valence-corrected chi connectivity index (χ1v) is 8.89. The van der Waals surface area contributed by atoms with Crippen molar-refractivity contribution < 1.29 is 9.18 Å². The quantitative estimate of drug-likeness (QED) is 0.704. The van der Waals surface area contributed by atoms with Crippen molar-refractivity contribution >= 4 is 38.8 Å². The molecule has 1 aliphatic heterocycles. The van der Waals surface area contributed by atoms with Gasteiger partial charge in [-0.3, -0.25) is 4.79 Å². The highest BCUT2D eigenvalue weighted by atomic mass is 79.9. The predicted molar refractivity (Wildman–Crippen MR) is 100.0 cm³/mol. The molecule has 1 aliphatic rings. The Morgan fingerprint density at radius 1 is 1.41 bits per heavy atom. The number of allylic oxidation sites excluding steroid dienone is 1. The summed E-state index contributed by atoms with van der Waals surface area (Å²) in [6.07, 6.45) is 1.38. The van der Waals surface area contributed by atoms with Gasteiger partial charge in [0, 0.05) is 49.8 Å². The summed E-state index contributed by atoms with van der Waals surface area (Å²) < 4.78 is 15.3. The van der Waals surface area contributed by atoms with Crippen LogP contribution in [0, 0.1) is 17.1 Å². The molecule has 0 aliphatic carbocycles. The average Bonchev–Trinajstić information content (AvgIpc) is 3.19. The fraction of sp³-hybridized carbons (Fsp3) is 0.312. The average molecular weight is 435 g/mol. The molecule has 140 valence electrons. The van der Waals surface area contributed by atoms with Gasteiger partial charge < -0.3 is 15.1 Å². The molecule has 9 nitrogen and oxygen atoms in total. The number of hydrogen-bond acceptors (Lipinski definition) is 7. The van der Waals surface area contributed by atoms with Crippen molar-refractivity contribution in [3.63, 3.8) is 0 Å². The molecule has 0 saturated carbocycles. The Bertz CT molecular complexity index is 900. The van der Waals surface area contributed by atoms with Gasteiger partial charge in [0.2, 0.25) is 11.7 Å². The number of piperazine rings is 1. The maximum atomic E-state index is 14.6. The molecular weight excluding hydrogens is 419 g/mol. The molecule has 0 bridgehead atoms. The van der Waals surface area contributed by atoms with Crippen LogP contribution in [-0.4, -0.2) is 57.6 Å². The summed E-state index contributed by atoms with van der Waals surface area (Å²) in [6, 6.07) is 4.97. The molecule has 0 radical (unpaired) electrons. The summed E-state index contributed by atoms with van der Waals surface area (Å²) in [5, 5.41) is 25.2. The number of aromatic nitrogens is 4. The van der Waals surface area contributed by atoms with Crippen LogP contribution < -0.4 is 10.2 Å². The number of nitrogens with one attached hydrogen (secondary N) is 2. The largest absolute Gasteiger partial charge is 0.366 e. The highest BCUT2D eigenvalue weighted by Crippen LogP contribution is 2.32. The van der Waals surface area contributed by atoms with E-state index in [-0.39, 0.29) is 17.3 Å². The van der Waals surface area contributed by atoms with Crippen molar-refractivity contribution in [3.8, 4) is 6.07 Å². The van der Waals surface area contributed by atoms with Crippen molar-refractivity contribution in [1.82, 2.24) is 25.5 Å². The van der Waals surface area contributed by atoms with E-state index in [1.807, 2.05) is 11.0 Å². The second-order valence-corrected chi connectivity index (χ2v) is 6.68. The van der Waals surface area contributed by atoms with Gasteiger partial charge >= 0.3 is 0 Å². The lowest BCUT2D eigenvalue weighted by Gasteiger charge is -2.36. The van der Waals surface area contributed by atoms with Crippen molar-refractivity contribution in [2.24, 2.45) is 0 Å². The van der Waals surface area contributed by atoms with Crippen LogP contribution in [0.4, 0.5) is 15.8 Å². The van der Waals surface area contributed by atoms with Crippen molar-refractivity contribution in [3.05, 3.63) is 34.4 Å². The lowest BCUT2D eigenvalue weighted by molar-refractivity contribution is -0.129. The lowest BCUT2D eigenvalue weighted by atomic mass is 10.2. The van der Waals surface area contributed by atoms with Gasteiger partial charge in [-0.25, -0.2) is 4.39 Å². The molecule has 1 fully saturated rings. The normalized spacial score (nSPS) is 14.8. The van der Waals surface area contributed by atoms with Crippen molar-refractivity contribution in [2.45, 2.75) is 6.92 Å². The third-order valence-electron chi connectivity index (χ3n) is 4.18. The molecule has 0 spiro atoms. The number of halogens is 2. The number of benzene rings is 1. The zero-order chi connectivity index (χ0) is 19.4. The summed E-state index contributed by atoms with van der Waals surface area (Å²) in [7, 11) is 0. The van der Waals surface area contributed by atoms with E-state index in [1.165, 1.54) is 19.2 Å². The van der Waals surface area contributed by atoms with Crippen LogP contribution in [-0.2, 0) is 4.79 Å². The molecule has 1 aromatic carbocycles. The van der Waals surface area contributed by atoms with Crippen LogP contribution >= 0.6 is 15.9 Å². The molecule has 1 saturated heterocycles. The first-order valence-electron chi connectivity index (χ1n) is 8.09. The summed E-state index contributed by atoms with van der Waals surface area (Å²) in [5.41, 5.74) is 1.06. The Balaban J connectivity index is 1.76. The first-order chi connectivity index (χ1) is 13.0. The fourth-order valence-electron chi connectivity index (χ4n) is 2.72. The Kier molecular flexibility index (Phi) is 5.66. The van der Waals surface area contributed by atoms with Crippen LogP contribution in [0.5, 0.6) is 0 Å². The summed E-state index contributed by atoms with van der Waals surface area (Å²) in [6.45, 7) is 3.78. The minimum atomic E-state index is -0.400. The van der Waals surface area contributed by atoms with Crippen LogP contribution in [0.3, 0.4) is 0 Å². The molecule has 2 aromatic rings. The summed E-state index contributed by atoms with van der Waals surface area (Å²) in [5.74, 6) is -0.234. The predicted octanol–water partition coefficient (Wildman–Crippen LogP) is 1.75. The Morgan fingerprint density at radius 3 is 2.74 bits per heavy atom. The van der Waals surface area contributed by atoms with Crippen LogP contribution in [0.1, 0.15) is 12.7 Å². The molecule has 11 heteroatoms. The molecular formula is C16H16BrFN8O. The van der Waals surface area contributed by atoms with Crippen molar-refractivity contribution in [2.75, 3.05) is 36.4 Å². The van der Waals surface area contributed by atoms with Gasteiger partial charge in [0.15, 0.2) is 0 Å². The number of nitriles is 1. The van der Waals surface area contributed by atoms with Gasteiger partial charge in [-0.1, -0.05) is 0 Å². The van der Waals surface area contributed by atoms with Crippen molar-refractivity contribution in [1.29, 1.82) is 5.26 Å². The minimum Gasteiger partial charge on any atom is -0.366 e.